The van der Waals surface area contributed by atoms with Crippen LogP contribution in [0.3, 0.4) is 0 Å². The van der Waals surface area contributed by atoms with Gasteiger partial charge in [0.2, 0.25) is 0 Å². The van der Waals surface area contributed by atoms with E-state index in [-0.39, 0.29) is 0 Å². The van der Waals surface area contributed by atoms with Gasteiger partial charge in [0.25, 0.3) is 0 Å². The van der Waals surface area contributed by atoms with Crippen molar-refractivity contribution in [1.29, 1.82) is 0 Å². The van der Waals surface area contributed by atoms with E-state index in [1.54, 1.807) is 6.20 Å². The van der Waals surface area contributed by atoms with Crippen LogP contribution in [0.5, 0.6) is 0 Å². The summed E-state index contributed by atoms with van der Waals surface area (Å²) >= 11 is 0. The number of unbranched alkanes of at least 4 members (excludes halogenated alkanes) is 2. The lowest BCUT2D eigenvalue weighted by molar-refractivity contribution is 0.768. The van der Waals surface area contributed by atoms with Gasteiger partial charge < -0.3 is 5.73 Å². The number of hydrogen-bond donors (Lipinski definition) is 1. The fourth-order valence-electron chi connectivity index (χ4n) is 1.15. The van der Waals surface area contributed by atoms with E-state index in [0.29, 0.717) is 0 Å². The Hall–Kier alpha value is -1.33. The summed E-state index contributed by atoms with van der Waals surface area (Å²) in [6.45, 7) is 2.78. The van der Waals surface area contributed by atoms with Crippen LogP contribution in [0.2, 0.25) is 0 Å². The van der Waals surface area contributed by atoms with E-state index in [1.807, 2.05) is 19.2 Å². The average Bonchev–Trinajstić information content (AvgIpc) is 2.18. The van der Waals surface area contributed by atoms with Gasteiger partial charge in [0.05, 0.1) is 0 Å². The van der Waals surface area contributed by atoms with E-state index >= 15 is 0 Å². The minimum atomic E-state index is 0.758. The largest absolute Gasteiger partial charge is 0.330 e. The number of nitrogens with two attached hydrogens (primary N) is 1. The molecule has 2 nitrogen and oxygen atoms in total. The number of hydrogen-bond acceptors (Lipinski definition) is 2. The molecular formula is C12H16N2. The van der Waals surface area contributed by atoms with Gasteiger partial charge in [0, 0.05) is 24.4 Å². The van der Waals surface area contributed by atoms with E-state index in [9.17, 15) is 0 Å². The molecule has 0 radical (unpaired) electrons. The third-order valence-electron chi connectivity index (χ3n) is 1.86. The van der Waals surface area contributed by atoms with Crippen LogP contribution in [0.25, 0.3) is 0 Å². The molecule has 0 aliphatic heterocycles. The van der Waals surface area contributed by atoms with Gasteiger partial charge in [-0.2, -0.15) is 0 Å². The molecule has 1 heterocycles. The molecule has 14 heavy (non-hydrogen) atoms. The Bertz CT molecular complexity index is 334. The van der Waals surface area contributed by atoms with Crippen LogP contribution in [0.1, 0.15) is 30.4 Å². The second kappa shape index (κ2) is 6.17. The molecule has 1 aromatic heterocycles. The van der Waals surface area contributed by atoms with Crippen LogP contribution < -0.4 is 5.73 Å². The van der Waals surface area contributed by atoms with Gasteiger partial charge >= 0.3 is 0 Å². The van der Waals surface area contributed by atoms with Gasteiger partial charge in [0.15, 0.2) is 0 Å². The van der Waals surface area contributed by atoms with Crippen molar-refractivity contribution in [3.8, 4) is 11.8 Å². The second-order valence-electron chi connectivity index (χ2n) is 3.30. The smallest absolute Gasteiger partial charge is 0.0431 e. The summed E-state index contributed by atoms with van der Waals surface area (Å²) in [5, 5.41) is 0. The molecule has 0 atom stereocenters. The maximum Gasteiger partial charge on any atom is 0.0431 e. The fourth-order valence-corrected chi connectivity index (χ4v) is 1.15. The van der Waals surface area contributed by atoms with Crippen molar-refractivity contribution in [3.63, 3.8) is 0 Å². The first-order valence-electron chi connectivity index (χ1n) is 4.93. The summed E-state index contributed by atoms with van der Waals surface area (Å²) < 4.78 is 0. The Morgan fingerprint density at radius 3 is 2.93 bits per heavy atom. The lowest BCUT2D eigenvalue weighted by Gasteiger charge is -1.92. The molecule has 0 saturated heterocycles. The zero-order valence-corrected chi connectivity index (χ0v) is 8.59. The van der Waals surface area contributed by atoms with Crippen molar-refractivity contribution in [1.82, 2.24) is 4.98 Å². The lowest BCUT2D eigenvalue weighted by atomic mass is 10.2. The van der Waals surface area contributed by atoms with Crippen molar-refractivity contribution in [2.75, 3.05) is 6.54 Å². The zero-order chi connectivity index (χ0) is 10.2. The summed E-state index contributed by atoms with van der Waals surface area (Å²) in [4.78, 5) is 4.08. The highest BCUT2D eigenvalue weighted by atomic mass is 14.6. The van der Waals surface area contributed by atoms with Crippen molar-refractivity contribution in [2.45, 2.75) is 26.2 Å². The minimum absolute atomic E-state index is 0.758. The molecule has 2 heteroatoms. The highest BCUT2D eigenvalue weighted by molar-refractivity contribution is 5.33. The highest BCUT2D eigenvalue weighted by Crippen LogP contribution is 1.99. The van der Waals surface area contributed by atoms with Gasteiger partial charge in [-0.15, -0.1) is 0 Å². The van der Waals surface area contributed by atoms with Crippen molar-refractivity contribution < 1.29 is 0 Å². The summed E-state index contributed by atoms with van der Waals surface area (Å²) in [6, 6.07) is 2.04. The predicted octanol–water partition coefficient (Wildman–Crippen LogP) is 1.87. The molecule has 1 aromatic rings. The maximum absolute atomic E-state index is 5.38. The lowest BCUT2D eigenvalue weighted by Crippen LogP contribution is -1.96. The first-order chi connectivity index (χ1) is 6.83. The topological polar surface area (TPSA) is 38.9 Å². The molecule has 0 aliphatic rings. The Balaban J connectivity index is 2.43. The van der Waals surface area contributed by atoms with E-state index in [2.05, 4.69) is 16.8 Å². The van der Waals surface area contributed by atoms with Crippen LogP contribution in [0.15, 0.2) is 18.5 Å². The summed E-state index contributed by atoms with van der Waals surface area (Å²) in [5.74, 6) is 6.21. The number of rotatable bonds is 3. The normalized spacial score (nSPS) is 9.29. The highest BCUT2D eigenvalue weighted by Gasteiger charge is 1.87. The summed E-state index contributed by atoms with van der Waals surface area (Å²) in [5.41, 5.74) is 7.53. The van der Waals surface area contributed by atoms with E-state index in [0.717, 1.165) is 36.9 Å². The van der Waals surface area contributed by atoms with Crippen molar-refractivity contribution in [2.24, 2.45) is 5.73 Å². The average molecular weight is 188 g/mol. The quantitative estimate of drug-likeness (QED) is 0.581. The van der Waals surface area contributed by atoms with Crippen molar-refractivity contribution in [3.05, 3.63) is 29.6 Å². The molecule has 0 unspecified atom stereocenters. The summed E-state index contributed by atoms with van der Waals surface area (Å²) in [7, 11) is 0. The Kier molecular flexibility index (Phi) is 4.74. The van der Waals surface area contributed by atoms with E-state index in [4.69, 9.17) is 5.73 Å². The molecule has 0 bridgehead atoms. The Morgan fingerprint density at radius 1 is 1.36 bits per heavy atom. The van der Waals surface area contributed by atoms with E-state index < -0.39 is 0 Å². The number of pyridine rings is 1. The van der Waals surface area contributed by atoms with Crippen LogP contribution in [-0.2, 0) is 0 Å². The van der Waals surface area contributed by atoms with E-state index in [1.165, 1.54) is 0 Å². The Labute approximate surface area is 85.5 Å². The predicted molar refractivity (Wildman–Crippen MR) is 58.8 cm³/mol. The molecule has 0 amide bonds. The monoisotopic (exact) mass is 188 g/mol. The fraction of sp³-hybridized carbons (Fsp3) is 0.417. The number of aryl methyl sites for hydroxylation is 1. The molecule has 0 spiro atoms. The van der Waals surface area contributed by atoms with Gasteiger partial charge in [-0.05, 0) is 37.9 Å². The molecule has 1 rings (SSSR count). The molecule has 2 N–H and O–H groups in total. The standard InChI is InChI=1S/C12H16N2/c1-11-8-12(10-14-9-11)6-4-2-3-5-7-13/h8-10H,2-3,5,7,13H2,1H3. The SMILES string of the molecule is Cc1cncc(C#CCCCCN)c1. The molecule has 0 aromatic carbocycles. The van der Waals surface area contributed by atoms with Gasteiger partial charge in [-0.1, -0.05) is 11.8 Å². The molecule has 0 saturated carbocycles. The van der Waals surface area contributed by atoms with Crippen molar-refractivity contribution >= 4 is 0 Å². The van der Waals surface area contributed by atoms with Crippen LogP contribution >= 0.6 is 0 Å². The van der Waals surface area contributed by atoms with Crippen LogP contribution in [-0.4, -0.2) is 11.5 Å². The molecule has 0 aliphatic carbocycles. The maximum atomic E-state index is 5.38. The van der Waals surface area contributed by atoms with Gasteiger partial charge in [-0.25, -0.2) is 0 Å². The Morgan fingerprint density at radius 2 is 2.21 bits per heavy atom. The van der Waals surface area contributed by atoms with Crippen LogP contribution in [0.4, 0.5) is 0 Å². The minimum Gasteiger partial charge on any atom is -0.330 e. The summed E-state index contributed by atoms with van der Waals surface area (Å²) in [6.07, 6.45) is 6.69. The van der Waals surface area contributed by atoms with Gasteiger partial charge in [0.1, 0.15) is 0 Å². The molecule has 0 fully saturated rings. The zero-order valence-electron chi connectivity index (χ0n) is 8.59. The number of nitrogens with zero attached hydrogens (tertiary/aromatic N) is 1. The second-order valence-corrected chi connectivity index (χ2v) is 3.30. The molecule has 74 valence electrons. The first kappa shape index (κ1) is 10.7. The first-order valence-corrected chi connectivity index (χ1v) is 4.93. The third kappa shape index (κ3) is 4.06. The number of aromatic nitrogens is 1. The molecular weight excluding hydrogens is 172 g/mol. The van der Waals surface area contributed by atoms with Gasteiger partial charge in [-0.3, -0.25) is 4.98 Å². The van der Waals surface area contributed by atoms with Crippen LogP contribution in [0, 0.1) is 18.8 Å². The third-order valence-corrected chi connectivity index (χ3v) is 1.86.